The van der Waals surface area contributed by atoms with Crippen LogP contribution in [0.4, 0.5) is 0 Å². The predicted molar refractivity (Wildman–Crippen MR) is 58.4 cm³/mol. The fraction of sp³-hybridized carbons (Fsp3) is 0.545. The number of hydrogen-bond acceptors (Lipinski definition) is 3. The molecular weight excluding hydrogens is 196 g/mol. The van der Waals surface area contributed by atoms with Gasteiger partial charge < -0.3 is 4.74 Å². The summed E-state index contributed by atoms with van der Waals surface area (Å²) in [4.78, 5) is 11.3. The fourth-order valence-corrected chi connectivity index (χ4v) is 1.63. The van der Waals surface area contributed by atoms with Crippen LogP contribution < -0.4 is 0 Å². The number of carbonyl (C=O) groups excluding carboxylic acids is 1. The topological polar surface area (TPSA) is 26.3 Å². The maximum Gasteiger partial charge on any atom is 0.310 e. The number of ether oxygens (including phenoxy) is 1. The lowest BCUT2D eigenvalue weighted by atomic mass is 10.1. The van der Waals surface area contributed by atoms with Crippen molar-refractivity contribution in [1.82, 2.24) is 0 Å². The molecule has 0 amide bonds. The Labute approximate surface area is 88.9 Å². The van der Waals surface area contributed by atoms with Gasteiger partial charge in [0.05, 0.1) is 13.0 Å². The first-order chi connectivity index (χ1) is 6.72. The molecule has 0 fully saturated rings. The summed E-state index contributed by atoms with van der Waals surface area (Å²) >= 11 is 1.60. The molecule has 0 saturated carbocycles. The van der Waals surface area contributed by atoms with Crippen molar-refractivity contribution in [2.24, 2.45) is 5.92 Å². The Hall–Kier alpha value is -0.830. The molecule has 1 aromatic rings. The van der Waals surface area contributed by atoms with Crippen molar-refractivity contribution in [2.75, 3.05) is 6.61 Å². The van der Waals surface area contributed by atoms with Crippen LogP contribution in [0.1, 0.15) is 25.8 Å². The van der Waals surface area contributed by atoms with Crippen LogP contribution in [0.3, 0.4) is 0 Å². The van der Waals surface area contributed by atoms with E-state index in [2.05, 4.69) is 13.8 Å². The summed E-state index contributed by atoms with van der Waals surface area (Å²) in [5.74, 6) is 0.338. The third kappa shape index (κ3) is 3.92. The van der Waals surface area contributed by atoms with E-state index in [1.165, 1.54) is 0 Å². The average molecular weight is 212 g/mol. The average Bonchev–Trinajstić information content (AvgIpc) is 2.66. The number of carbonyl (C=O) groups is 1. The number of thiophene rings is 1. The monoisotopic (exact) mass is 212 g/mol. The molecule has 2 nitrogen and oxygen atoms in total. The molecule has 1 aromatic heterocycles. The summed E-state index contributed by atoms with van der Waals surface area (Å²) < 4.78 is 5.13. The maximum absolute atomic E-state index is 11.3. The van der Waals surface area contributed by atoms with Gasteiger partial charge in [-0.05, 0) is 28.3 Å². The Morgan fingerprint density at radius 3 is 3.00 bits per heavy atom. The molecule has 0 N–H and O–H groups in total. The first kappa shape index (κ1) is 11.2. The van der Waals surface area contributed by atoms with Crippen LogP contribution >= 0.6 is 11.3 Å². The van der Waals surface area contributed by atoms with E-state index in [0.29, 0.717) is 18.9 Å². The van der Waals surface area contributed by atoms with Crippen LogP contribution in [0.2, 0.25) is 0 Å². The van der Waals surface area contributed by atoms with E-state index in [1.54, 1.807) is 11.3 Å². The predicted octanol–water partition coefficient (Wildman–Crippen LogP) is 2.88. The Morgan fingerprint density at radius 1 is 1.64 bits per heavy atom. The molecule has 1 heterocycles. The minimum atomic E-state index is -0.122. The van der Waals surface area contributed by atoms with E-state index < -0.39 is 0 Å². The standard InChI is InChI=1S/C11H16O2S/c1-3-9(2)7-13-11(12)6-10-4-5-14-8-10/h4-5,8-9H,3,6-7H2,1-2H3/t9-/m0/s1. The molecule has 3 heteroatoms. The molecule has 0 spiro atoms. The lowest BCUT2D eigenvalue weighted by Crippen LogP contribution is -2.13. The Morgan fingerprint density at radius 2 is 2.43 bits per heavy atom. The summed E-state index contributed by atoms with van der Waals surface area (Å²) in [6.45, 7) is 4.72. The van der Waals surface area contributed by atoms with Gasteiger partial charge in [0.15, 0.2) is 0 Å². The highest BCUT2D eigenvalue weighted by atomic mass is 32.1. The van der Waals surface area contributed by atoms with E-state index in [-0.39, 0.29) is 5.97 Å². The van der Waals surface area contributed by atoms with Crippen molar-refractivity contribution in [1.29, 1.82) is 0 Å². The van der Waals surface area contributed by atoms with Crippen molar-refractivity contribution in [3.63, 3.8) is 0 Å². The first-order valence-corrected chi connectivity index (χ1v) is 5.83. The highest BCUT2D eigenvalue weighted by molar-refractivity contribution is 7.07. The number of hydrogen-bond donors (Lipinski definition) is 0. The SMILES string of the molecule is CC[C@H](C)COC(=O)Cc1ccsc1. The van der Waals surface area contributed by atoms with Gasteiger partial charge >= 0.3 is 5.97 Å². The second kappa shape index (κ2) is 5.81. The minimum Gasteiger partial charge on any atom is -0.465 e. The lowest BCUT2D eigenvalue weighted by Gasteiger charge is -2.08. The maximum atomic E-state index is 11.3. The summed E-state index contributed by atoms with van der Waals surface area (Å²) in [5.41, 5.74) is 1.05. The van der Waals surface area contributed by atoms with Gasteiger partial charge in [0.25, 0.3) is 0 Å². The molecule has 0 unspecified atom stereocenters. The van der Waals surface area contributed by atoms with E-state index >= 15 is 0 Å². The van der Waals surface area contributed by atoms with E-state index in [1.807, 2.05) is 16.8 Å². The van der Waals surface area contributed by atoms with Crippen molar-refractivity contribution in [3.05, 3.63) is 22.4 Å². The zero-order valence-corrected chi connectivity index (χ0v) is 9.47. The third-order valence-corrected chi connectivity index (χ3v) is 2.89. The van der Waals surface area contributed by atoms with E-state index in [0.717, 1.165) is 12.0 Å². The lowest BCUT2D eigenvalue weighted by molar-refractivity contribution is -0.144. The second-order valence-corrected chi connectivity index (χ2v) is 4.28. The van der Waals surface area contributed by atoms with Crippen molar-refractivity contribution in [2.45, 2.75) is 26.7 Å². The van der Waals surface area contributed by atoms with Gasteiger partial charge in [-0.25, -0.2) is 0 Å². The van der Waals surface area contributed by atoms with Crippen molar-refractivity contribution in [3.8, 4) is 0 Å². The quantitative estimate of drug-likeness (QED) is 0.701. The van der Waals surface area contributed by atoms with Crippen LogP contribution in [-0.2, 0) is 16.0 Å². The van der Waals surface area contributed by atoms with Gasteiger partial charge in [-0.2, -0.15) is 11.3 Å². The van der Waals surface area contributed by atoms with Crippen molar-refractivity contribution >= 4 is 17.3 Å². The minimum absolute atomic E-state index is 0.122. The Bertz CT molecular complexity index is 267. The third-order valence-electron chi connectivity index (χ3n) is 2.15. The van der Waals surface area contributed by atoms with Gasteiger partial charge in [-0.15, -0.1) is 0 Å². The van der Waals surface area contributed by atoms with Gasteiger partial charge in [-0.1, -0.05) is 20.3 Å². The Balaban J connectivity index is 2.23. The molecule has 14 heavy (non-hydrogen) atoms. The normalized spacial score (nSPS) is 12.4. The molecule has 0 radical (unpaired) electrons. The summed E-state index contributed by atoms with van der Waals surface area (Å²) in [6.07, 6.45) is 1.45. The fourth-order valence-electron chi connectivity index (χ4n) is 0.964. The molecule has 0 aliphatic heterocycles. The first-order valence-electron chi connectivity index (χ1n) is 4.89. The van der Waals surface area contributed by atoms with E-state index in [4.69, 9.17) is 4.74 Å². The highest BCUT2D eigenvalue weighted by Gasteiger charge is 2.07. The molecule has 0 aliphatic rings. The molecular formula is C11H16O2S. The van der Waals surface area contributed by atoms with Crippen LogP contribution in [0.25, 0.3) is 0 Å². The molecule has 78 valence electrons. The van der Waals surface area contributed by atoms with E-state index in [9.17, 15) is 4.79 Å². The van der Waals surface area contributed by atoms with Crippen LogP contribution in [0, 0.1) is 5.92 Å². The Kier molecular flexibility index (Phi) is 4.66. The van der Waals surface area contributed by atoms with Crippen LogP contribution in [-0.4, -0.2) is 12.6 Å². The van der Waals surface area contributed by atoms with Crippen molar-refractivity contribution < 1.29 is 9.53 Å². The molecule has 0 aromatic carbocycles. The van der Waals surface area contributed by atoms with Gasteiger partial charge in [0.2, 0.25) is 0 Å². The smallest absolute Gasteiger partial charge is 0.310 e. The molecule has 0 saturated heterocycles. The summed E-state index contributed by atoms with van der Waals surface area (Å²) in [5, 5.41) is 3.95. The summed E-state index contributed by atoms with van der Waals surface area (Å²) in [7, 11) is 0. The number of rotatable bonds is 5. The molecule has 0 bridgehead atoms. The zero-order chi connectivity index (χ0) is 10.4. The molecule has 0 aliphatic carbocycles. The zero-order valence-electron chi connectivity index (χ0n) is 8.66. The second-order valence-electron chi connectivity index (χ2n) is 3.50. The highest BCUT2D eigenvalue weighted by Crippen LogP contribution is 2.08. The summed E-state index contributed by atoms with van der Waals surface area (Å²) in [6, 6.07) is 1.95. The molecule has 1 rings (SSSR count). The number of esters is 1. The van der Waals surface area contributed by atoms with Crippen LogP contribution in [0.5, 0.6) is 0 Å². The molecule has 1 atom stereocenters. The van der Waals surface area contributed by atoms with Gasteiger partial charge in [0.1, 0.15) is 0 Å². The largest absolute Gasteiger partial charge is 0.465 e. The van der Waals surface area contributed by atoms with Gasteiger partial charge in [-0.3, -0.25) is 4.79 Å². The van der Waals surface area contributed by atoms with Crippen LogP contribution in [0.15, 0.2) is 16.8 Å². The van der Waals surface area contributed by atoms with Gasteiger partial charge in [0, 0.05) is 0 Å².